The molecule has 1 N–H and O–H groups in total. The summed E-state index contributed by atoms with van der Waals surface area (Å²) in [5, 5.41) is 3.35. The Bertz CT molecular complexity index is 818. The maximum absolute atomic E-state index is 12.0. The number of rotatable bonds is 7. The molecule has 0 bridgehead atoms. The van der Waals surface area contributed by atoms with Crippen LogP contribution in [0.2, 0.25) is 5.02 Å². The third-order valence-electron chi connectivity index (χ3n) is 3.99. The fraction of sp³-hybridized carbons (Fsp3) is 0.368. The Morgan fingerprint density at radius 3 is 2.77 bits per heavy atom. The lowest BCUT2D eigenvalue weighted by Crippen LogP contribution is -2.26. The van der Waals surface area contributed by atoms with Crippen LogP contribution in [-0.2, 0) is 11.2 Å². The van der Waals surface area contributed by atoms with Crippen LogP contribution in [0.5, 0.6) is 11.5 Å². The highest BCUT2D eigenvalue weighted by Gasteiger charge is 2.16. The second kappa shape index (κ2) is 8.56. The molecule has 138 valence electrons. The fourth-order valence-electron chi connectivity index (χ4n) is 2.68. The second-order valence-corrected chi connectivity index (χ2v) is 7.73. The molecule has 2 heterocycles. The minimum absolute atomic E-state index is 0.0110. The van der Waals surface area contributed by atoms with E-state index in [0.717, 1.165) is 10.4 Å². The van der Waals surface area contributed by atoms with E-state index in [9.17, 15) is 9.59 Å². The van der Waals surface area contributed by atoms with E-state index in [1.54, 1.807) is 0 Å². The molecule has 0 spiro atoms. The van der Waals surface area contributed by atoms with Crippen LogP contribution in [0.15, 0.2) is 24.3 Å². The lowest BCUT2D eigenvalue weighted by molar-refractivity contribution is -0.121. The number of thiophene rings is 1. The molecule has 1 aliphatic rings. The van der Waals surface area contributed by atoms with Crippen molar-refractivity contribution >= 4 is 34.6 Å². The number of halogens is 1. The Hall–Kier alpha value is -2.05. The zero-order valence-corrected chi connectivity index (χ0v) is 16.0. The summed E-state index contributed by atoms with van der Waals surface area (Å²) in [5.41, 5.74) is 0.963. The summed E-state index contributed by atoms with van der Waals surface area (Å²) in [6.45, 7) is 3.42. The van der Waals surface area contributed by atoms with Gasteiger partial charge in [0.25, 0.3) is 0 Å². The van der Waals surface area contributed by atoms with Crippen molar-refractivity contribution in [1.29, 1.82) is 0 Å². The number of hydrogen-bond donors (Lipinski definition) is 1. The second-order valence-electron chi connectivity index (χ2n) is 6.04. The Balaban J connectivity index is 1.44. The number of carbonyl (C=O) groups excluding carboxylic acids is 2. The van der Waals surface area contributed by atoms with Gasteiger partial charge in [-0.15, -0.1) is 11.3 Å². The number of fused-ring (bicyclic) bond motifs is 1. The van der Waals surface area contributed by atoms with E-state index in [2.05, 4.69) is 5.32 Å². The van der Waals surface area contributed by atoms with Crippen LogP contribution in [0, 0.1) is 6.92 Å². The predicted octanol–water partition coefficient (Wildman–Crippen LogP) is 3.80. The molecule has 0 aliphatic carbocycles. The minimum Gasteiger partial charge on any atom is -0.486 e. The van der Waals surface area contributed by atoms with Crippen LogP contribution in [0.1, 0.15) is 33.0 Å². The van der Waals surface area contributed by atoms with Crippen molar-refractivity contribution in [1.82, 2.24) is 5.32 Å². The van der Waals surface area contributed by atoms with Gasteiger partial charge in [-0.25, -0.2) is 0 Å². The van der Waals surface area contributed by atoms with Gasteiger partial charge >= 0.3 is 0 Å². The molecule has 1 aliphatic heterocycles. The van der Waals surface area contributed by atoms with Crippen molar-refractivity contribution in [2.75, 3.05) is 19.8 Å². The molecular formula is C19H20ClNO4S. The summed E-state index contributed by atoms with van der Waals surface area (Å²) in [7, 11) is 0. The number of ether oxygens (including phenoxy) is 2. The lowest BCUT2D eigenvalue weighted by Gasteiger charge is -2.20. The molecule has 0 saturated heterocycles. The molecule has 2 aromatic rings. The molecule has 7 heteroatoms. The summed E-state index contributed by atoms with van der Waals surface area (Å²) in [6.07, 6.45) is 1.04. The standard InChI is InChI=1S/C19H20ClNO4S/c1-12-2-4-17(26-12)15(22)3-5-18(23)21-7-6-13-10-14(20)19-16(11-13)24-8-9-25-19/h2,4,10-11H,3,5-9H2,1H3,(H,21,23). The number of ketones is 1. The molecule has 1 aromatic heterocycles. The van der Waals surface area contributed by atoms with Crippen molar-refractivity contribution in [2.24, 2.45) is 0 Å². The third kappa shape index (κ3) is 4.77. The van der Waals surface area contributed by atoms with E-state index in [1.165, 1.54) is 11.3 Å². The van der Waals surface area contributed by atoms with Gasteiger partial charge in [-0.05, 0) is 43.2 Å². The first-order valence-electron chi connectivity index (χ1n) is 8.47. The Morgan fingerprint density at radius 2 is 2.00 bits per heavy atom. The molecule has 3 rings (SSSR count). The summed E-state index contributed by atoms with van der Waals surface area (Å²) in [6, 6.07) is 7.43. The first-order valence-corrected chi connectivity index (χ1v) is 9.67. The van der Waals surface area contributed by atoms with Gasteiger partial charge in [-0.3, -0.25) is 9.59 Å². The quantitative estimate of drug-likeness (QED) is 0.726. The predicted molar refractivity (Wildman–Crippen MR) is 102 cm³/mol. The van der Waals surface area contributed by atoms with Gasteiger partial charge < -0.3 is 14.8 Å². The molecule has 0 radical (unpaired) electrons. The highest BCUT2D eigenvalue weighted by molar-refractivity contribution is 7.14. The van der Waals surface area contributed by atoms with Gasteiger partial charge in [0.1, 0.15) is 13.2 Å². The van der Waals surface area contributed by atoms with Gasteiger partial charge in [0.2, 0.25) is 5.91 Å². The van der Waals surface area contributed by atoms with Crippen molar-refractivity contribution < 1.29 is 19.1 Å². The molecule has 5 nitrogen and oxygen atoms in total. The zero-order chi connectivity index (χ0) is 18.5. The number of hydrogen-bond acceptors (Lipinski definition) is 5. The van der Waals surface area contributed by atoms with Crippen molar-refractivity contribution in [3.8, 4) is 11.5 Å². The van der Waals surface area contributed by atoms with Crippen LogP contribution >= 0.6 is 22.9 Å². The van der Waals surface area contributed by atoms with Gasteiger partial charge in [-0.1, -0.05) is 11.6 Å². The average molecular weight is 394 g/mol. The summed E-state index contributed by atoms with van der Waals surface area (Å²) >= 11 is 7.66. The molecule has 1 amide bonds. The van der Waals surface area contributed by atoms with Crippen molar-refractivity contribution in [3.05, 3.63) is 44.6 Å². The number of amides is 1. The Labute approximate surface area is 161 Å². The fourth-order valence-corrected chi connectivity index (χ4v) is 3.80. The van der Waals surface area contributed by atoms with Gasteiger partial charge in [0.05, 0.1) is 9.90 Å². The Kier molecular flexibility index (Phi) is 6.16. The normalized spacial score (nSPS) is 12.7. The van der Waals surface area contributed by atoms with Gasteiger partial charge in [-0.2, -0.15) is 0 Å². The average Bonchev–Trinajstić information content (AvgIpc) is 3.06. The SMILES string of the molecule is Cc1ccc(C(=O)CCC(=O)NCCc2cc(Cl)c3c(c2)OCCO3)s1. The van der Waals surface area contributed by atoms with Crippen LogP contribution in [0.4, 0.5) is 0 Å². The lowest BCUT2D eigenvalue weighted by atomic mass is 10.1. The number of aryl methyl sites for hydroxylation is 1. The highest BCUT2D eigenvalue weighted by atomic mass is 35.5. The molecule has 0 saturated carbocycles. The summed E-state index contributed by atoms with van der Waals surface area (Å²) < 4.78 is 11.0. The zero-order valence-electron chi connectivity index (χ0n) is 14.5. The monoisotopic (exact) mass is 393 g/mol. The molecular weight excluding hydrogens is 374 g/mol. The summed E-state index contributed by atoms with van der Waals surface area (Å²) in [4.78, 5) is 25.8. The molecule has 0 fully saturated rings. The number of Topliss-reactive ketones (excluding diaryl/α,β-unsaturated/α-hetero) is 1. The first-order chi connectivity index (χ1) is 12.5. The van der Waals surface area contributed by atoms with Gasteiger partial charge in [0, 0.05) is 24.3 Å². The molecule has 26 heavy (non-hydrogen) atoms. The smallest absolute Gasteiger partial charge is 0.220 e. The number of benzene rings is 1. The van der Waals surface area contributed by atoms with Crippen LogP contribution < -0.4 is 14.8 Å². The molecule has 0 atom stereocenters. The summed E-state index contributed by atoms with van der Waals surface area (Å²) in [5.74, 6) is 1.10. The largest absolute Gasteiger partial charge is 0.486 e. The maximum atomic E-state index is 12.0. The van der Waals surface area contributed by atoms with E-state index < -0.39 is 0 Å². The van der Waals surface area contributed by atoms with E-state index in [4.69, 9.17) is 21.1 Å². The van der Waals surface area contributed by atoms with Crippen LogP contribution in [0.25, 0.3) is 0 Å². The van der Waals surface area contributed by atoms with Crippen molar-refractivity contribution in [2.45, 2.75) is 26.2 Å². The topological polar surface area (TPSA) is 64.6 Å². The minimum atomic E-state index is -0.129. The van der Waals surface area contributed by atoms with Crippen LogP contribution in [0.3, 0.4) is 0 Å². The highest BCUT2D eigenvalue weighted by Crippen LogP contribution is 2.38. The van der Waals surface area contributed by atoms with E-state index in [1.807, 2.05) is 31.2 Å². The number of nitrogens with one attached hydrogen (secondary N) is 1. The van der Waals surface area contributed by atoms with Crippen LogP contribution in [-0.4, -0.2) is 31.4 Å². The molecule has 0 unspecified atom stereocenters. The third-order valence-corrected chi connectivity index (χ3v) is 5.31. The molecule has 1 aromatic carbocycles. The Morgan fingerprint density at radius 1 is 1.19 bits per heavy atom. The van der Waals surface area contributed by atoms with E-state index >= 15 is 0 Å². The van der Waals surface area contributed by atoms with Crippen molar-refractivity contribution in [3.63, 3.8) is 0 Å². The van der Waals surface area contributed by atoms with E-state index in [0.29, 0.717) is 47.6 Å². The maximum Gasteiger partial charge on any atom is 0.220 e. The first kappa shape index (κ1) is 18.7. The van der Waals surface area contributed by atoms with Gasteiger partial charge in [0.15, 0.2) is 17.3 Å². The number of carbonyl (C=O) groups is 2. The van der Waals surface area contributed by atoms with E-state index in [-0.39, 0.29) is 24.5 Å².